The van der Waals surface area contributed by atoms with Gasteiger partial charge in [-0.1, -0.05) is 12.1 Å². The molecule has 1 fully saturated rings. The molecule has 2 aliphatic rings. The van der Waals surface area contributed by atoms with Crippen molar-refractivity contribution in [1.29, 1.82) is 0 Å². The van der Waals surface area contributed by atoms with Gasteiger partial charge in [0.2, 0.25) is 0 Å². The number of methoxy groups -OCH3 is 1. The molecule has 0 unspecified atom stereocenters. The van der Waals surface area contributed by atoms with Crippen LogP contribution in [0.25, 0.3) is 5.57 Å². The zero-order chi connectivity index (χ0) is 19.7. The van der Waals surface area contributed by atoms with Gasteiger partial charge in [0.15, 0.2) is 0 Å². The highest BCUT2D eigenvalue weighted by Gasteiger charge is 2.31. The van der Waals surface area contributed by atoms with Gasteiger partial charge in [0.25, 0.3) is 0 Å². The topological polar surface area (TPSA) is 21.7 Å². The molecule has 0 saturated carbocycles. The lowest BCUT2D eigenvalue weighted by molar-refractivity contribution is -0.137. The Bertz CT molecular complexity index is 882. The predicted octanol–water partition coefficient (Wildman–Crippen LogP) is 5.00. The molecular weight excluding hydrogens is 367 g/mol. The molecule has 4 rings (SSSR count). The second kappa shape index (κ2) is 7.51. The van der Waals surface area contributed by atoms with Crippen molar-refractivity contribution in [3.05, 3.63) is 64.7 Å². The molecule has 0 amide bonds. The maximum absolute atomic E-state index is 13.0. The van der Waals surface area contributed by atoms with Crippen LogP contribution >= 0.6 is 0 Å². The van der Waals surface area contributed by atoms with Gasteiger partial charge >= 0.3 is 6.18 Å². The summed E-state index contributed by atoms with van der Waals surface area (Å²) in [4.78, 5) is 2.37. The molecule has 0 bridgehead atoms. The maximum Gasteiger partial charge on any atom is 0.416 e. The predicted molar refractivity (Wildman–Crippen MR) is 102 cm³/mol. The highest BCUT2D eigenvalue weighted by Crippen LogP contribution is 2.40. The summed E-state index contributed by atoms with van der Waals surface area (Å²) in [6.07, 6.45) is -2.00. The van der Waals surface area contributed by atoms with Crippen LogP contribution in [0.1, 0.15) is 29.5 Å². The van der Waals surface area contributed by atoms with Crippen LogP contribution in [0.3, 0.4) is 0 Å². The second-order valence-electron chi connectivity index (χ2n) is 7.19. The molecule has 6 heteroatoms. The molecule has 0 radical (unpaired) electrons. The zero-order valence-electron chi connectivity index (χ0n) is 15.7. The SMILES string of the molecule is COc1ccc2c(c1)C(c1ccc(C(F)(F)F)cc1)=C(CN1CCCC1)CO2. The molecule has 2 aliphatic heterocycles. The van der Waals surface area contributed by atoms with E-state index in [0.717, 1.165) is 59.8 Å². The Kier molecular flexibility index (Phi) is 5.06. The monoisotopic (exact) mass is 389 g/mol. The normalized spacial score (nSPS) is 17.4. The van der Waals surface area contributed by atoms with E-state index in [4.69, 9.17) is 9.47 Å². The number of nitrogens with zero attached hydrogens (tertiary/aromatic N) is 1. The van der Waals surface area contributed by atoms with E-state index in [1.807, 2.05) is 18.2 Å². The molecular formula is C22H22F3NO2. The van der Waals surface area contributed by atoms with E-state index in [1.54, 1.807) is 19.2 Å². The second-order valence-corrected chi connectivity index (χ2v) is 7.19. The third kappa shape index (κ3) is 3.74. The average Bonchev–Trinajstić information content (AvgIpc) is 3.20. The quantitative estimate of drug-likeness (QED) is 0.734. The summed E-state index contributed by atoms with van der Waals surface area (Å²) < 4.78 is 50.3. The van der Waals surface area contributed by atoms with Crippen LogP contribution in [0.2, 0.25) is 0 Å². The number of rotatable bonds is 4. The summed E-state index contributed by atoms with van der Waals surface area (Å²) in [6.45, 7) is 3.27. The van der Waals surface area contributed by atoms with E-state index in [2.05, 4.69) is 4.90 Å². The van der Waals surface area contributed by atoms with Crippen LogP contribution in [0.15, 0.2) is 48.0 Å². The summed E-state index contributed by atoms with van der Waals surface area (Å²) in [7, 11) is 1.60. The van der Waals surface area contributed by atoms with Crippen LogP contribution in [0.4, 0.5) is 13.2 Å². The first-order valence-corrected chi connectivity index (χ1v) is 9.39. The van der Waals surface area contributed by atoms with Crippen molar-refractivity contribution in [2.45, 2.75) is 19.0 Å². The fourth-order valence-electron chi connectivity index (χ4n) is 3.91. The van der Waals surface area contributed by atoms with Gasteiger partial charge in [0.05, 0.1) is 12.7 Å². The Hall–Kier alpha value is -2.47. The highest BCUT2D eigenvalue weighted by atomic mass is 19.4. The lowest BCUT2D eigenvalue weighted by Crippen LogP contribution is -2.26. The van der Waals surface area contributed by atoms with Crippen LogP contribution in [-0.2, 0) is 6.18 Å². The van der Waals surface area contributed by atoms with Gasteiger partial charge in [-0.25, -0.2) is 0 Å². The summed E-state index contributed by atoms with van der Waals surface area (Å²) >= 11 is 0. The third-order valence-electron chi connectivity index (χ3n) is 5.33. The number of hydrogen-bond donors (Lipinski definition) is 0. The highest BCUT2D eigenvalue weighted by molar-refractivity contribution is 5.87. The number of halogens is 3. The van der Waals surface area contributed by atoms with E-state index >= 15 is 0 Å². The van der Waals surface area contributed by atoms with Gasteiger partial charge in [0.1, 0.15) is 18.1 Å². The van der Waals surface area contributed by atoms with E-state index in [1.165, 1.54) is 12.8 Å². The molecule has 3 nitrogen and oxygen atoms in total. The molecule has 0 aliphatic carbocycles. The number of ether oxygens (including phenoxy) is 2. The van der Waals surface area contributed by atoms with Crippen molar-refractivity contribution < 1.29 is 22.6 Å². The summed E-state index contributed by atoms with van der Waals surface area (Å²) in [5.41, 5.74) is 3.01. The Morgan fingerprint density at radius 2 is 1.75 bits per heavy atom. The molecule has 0 N–H and O–H groups in total. The van der Waals surface area contributed by atoms with Crippen LogP contribution < -0.4 is 9.47 Å². The minimum absolute atomic E-state index is 0.437. The fraction of sp³-hybridized carbons (Fsp3) is 0.364. The van der Waals surface area contributed by atoms with Gasteiger partial charge < -0.3 is 9.47 Å². The van der Waals surface area contributed by atoms with Crippen LogP contribution in [-0.4, -0.2) is 38.3 Å². The van der Waals surface area contributed by atoms with Crippen molar-refractivity contribution in [2.24, 2.45) is 0 Å². The summed E-state index contributed by atoms with van der Waals surface area (Å²) in [5, 5.41) is 0. The van der Waals surface area contributed by atoms with Crippen molar-refractivity contribution in [1.82, 2.24) is 4.90 Å². The summed E-state index contributed by atoms with van der Waals surface area (Å²) in [5.74, 6) is 1.41. The van der Waals surface area contributed by atoms with Crippen molar-refractivity contribution >= 4 is 5.57 Å². The van der Waals surface area contributed by atoms with Gasteiger partial charge in [0, 0.05) is 12.1 Å². The third-order valence-corrected chi connectivity index (χ3v) is 5.33. The average molecular weight is 389 g/mol. The Balaban J connectivity index is 1.80. The first-order chi connectivity index (χ1) is 13.5. The fourth-order valence-corrected chi connectivity index (χ4v) is 3.91. The lowest BCUT2D eigenvalue weighted by Gasteiger charge is -2.28. The zero-order valence-corrected chi connectivity index (χ0v) is 15.7. The van der Waals surface area contributed by atoms with E-state index < -0.39 is 11.7 Å². The molecule has 2 aromatic carbocycles. The van der Waals surface area contributed by atoms with E-state index in [9.17, 15) is 13.2 Å². The van der Waals surface area contributed by atoms with Crippen LogP contribution in [0, 0.1) is 0 Å². The Labute approximate surface area is 162 Å². The van der Waals surface area contributed by atoms with Gasteiger partial charge in [-0.05, 0) is 73.0 Å². The Morgan fingerprint density at radius 3 is 2.39 bits per heavy atom. The molecule has 0 aromatic heterocycles. The molecule has 2 aromatic rings. The smallest absolute Gasteiger partial charge is 0.416 e. The maximum atomic E-state index is 13.0. The number of fused-ring (bicyclic) bond motifs is 1. The molecule has 0 spiro atoms. The van der Waals surface area contributed by atoms with Crippen molar-refractivity contribution in [3.8, 4) is 11.5 Å². The molecule has 2 heterocycles. The van der Waals surface area contributed by atoms with E-state index in [0.29, 0.717) is 12.4 Å². The molecule has 28 heavy (non-hydrogen) atoms. The number of likely N-dealkylation sites (tertiary alicyclic amines) is 1. The van der Waals surface area contributed by atoms with Crippen molar-refractivity contribution in [3.63, 3.8) is 0 Å². The lowest BCUT2D eigenvalue weighted by atomic mass is 9.90. The summed E-state index contributed by atoms with van der Waals surface area (Å²) in [6, 6.07) is 11.0. The number of benzene rings is 2. The van der Waals surface area contributed by atoms with E-state index in [-0.39, 0.29) is 0 Å². The molecule has 0 atom stereocenters. The first-order valence-electron chi connectivity index (χ1n) is 9.39. The van der Waals surface area contributed by atoms with Gasteiger partial charge in [-0.15, -0.1) is 0 Å². The molecule has 1 saturated heterocycles. The number of hydrogen-bond acceptors (Lipinski definition) is 3. The minimum Gasteiger partial charge on any atom is -0.497 e. The van der Waals surface area contributed by atoms with Crippen LogP contribution in [0.5, 0.6) is 11.5 Å². The van der Waals surface area contributed by atoms with Gasteiger partial charge in [-0.3, -0.25) is 4.90 Å². The first kappa shape index (κ1) is 18.9. The largest absolute Gasteiger partial charge is 0.497 e. The van der Waals surface area contributed by atoms with Crippen molar-refractivity contribution in [2.75, 3.05) is 33.4 Å². The van der Waals surface area contributed by atoms with Gasteiger partial charge in [-0.2, -0.15) is 13.2 Å². The minimum atomic E-state index is -4.35. The standard InChI is InChI=1S/C22H22F3NO2/c1-27-18-8-9-20-19(12-18)21(15-4-6-17(7-5-15)22(23,24)25)16(14-28-20)13-26-10-2-3-11-26/h4-9,12H,2-3,10-11,13-14H2,1H3. The molecule has 148 valence electrons. The number of alkyl halides is 3. The Morgan fingerprint density at radius 1 is 1.04 bits per heavy atom.